The fourth-order valence-corrected chi connectivity index (χ4v) is 2.24. The Balaban J connectivity index is 1.62. The van der Waals surface area contributed by atoms with Gasteiger partial charge in [-0.3, -0.25) is 0 Å². The van der Waals surface area contributed by atoms with Crippen LogP contribution >= 0.6 is 11.3 Å². The molecule has 0 spiro atoms. The molecule has 4 heteroatoms. The smallest absolute Gasteiger partial charge is 0.0795 e. The van der Waals surface area contributed by atoms with Crippen molar-refractivity contribution in [3.05, 3.63) is 16.6 Å². The molecular formula is C10H16N2OS. The minimum absolute atomic E-state index is 0.794. The third kappa shape index (κ3) is 3.04. The van der Waals surface area contributed by atoms with Gasteiger partial charge >= 0.3 is 0 Å². The molecule has 78 valence electrons. The first-order chi connectivity index (χ1) is 6.95. The van der Waals surface area contributed by atoms with Gasteiger partial charge in [0, 0.05) is 25.1 Å². The summed E-state index contributed by atoms with van der Waals surface area (Å²) >= 11 is 1.65. The van der Waals surface area contributed by atoms with Crippen molar-refractivity contribution in [3.8, 4) is 0 Å². The highest BCUT2D eigenvalue weighted by molar-refractivity contribution is 7.07. The molecule has 0 amide bonds. The lowest BCUT2D eigenvalue weighted by Gasteiger charge is -2.21. The molecule has 1 fully saturated rings. The normalized spacial score (nSPS) is 18.6. The molecule has 1 aliphatic heterocycles. The second-order valence-corrected chi connectivity index (χ2v) is 4.39. The minimum atomic E-state index is 0.794. The number of nitrogens with one attached hydrogen (secondary N) is 1. The molecule has 2 rings (SSSR count). The maximum Gasteiger partial charge on any atom is 0.0795 e. The molecule has 0 unspecified atom stereocenters. The van der Waals surface area contributed by atoms with E-state index in [1.807, 2.05) is 5.51 Å². The van der Waals surface area contributed by atoms with Crippen LogP contribution in [0.3, 0.4) is 0 Å². The zero-order valence-electron chi connectivity index (χ0n) is 8.24. The van der Waals surface area contributed by atoms with Gasteiger partial charge in [0.25, 0.3) is 0 Å². The predicted octanol–water partition coefficient (Wildman–Crippen LogP) is 1.66. The van der Waals surface area contributed by atoms with Crippen LogP contribution in [0.15, 0.2) is 10.9 Å². The number of rotatable bonds is 4. The van der Waals surface area contributed by atoms with E-state index in [0.717, 1.165) is 37.9 Å². The minimum Gasteiger partial charge on any atom is -0.381 e. The van der Waals surface area contributed by atoms with E-state index in [4.69, 9.17) is 4.74 Å². The standard InChI is InChI=1S/C10H16N2OS/c1-3-13-4-2-9(1)5-11-6-10-7-14-8-12-10/h7-9,11H,1-6H2. The monoisotopic (exact) mass is 212 g/mol. The highest BCUT2D eigenvalue weighted by Gasteiger charge is 2.12. The Morgan fingerprint density at radius 3 is 3.07 bits per heavy atom. The number of hydrogen-bond acceptors (Lipinski definition) is 4. The number of ether oxygens (including phenoxy) is 1. The molecule has 14 heavy (non-hydrogen) atoms. The van der Waals surface area contributed by atoms with Gasteiger partial charge in [-0.15, -0.1) is 11.3 Å². The summed E-state index contributed by atoms with van der Waals surface area (Å²) in [7, 11) is 0. The van der Waals surface area contributed by atoms with Crippen LogP contribution in [-0.2, 0) is 11.3 Å². The van der Waals surface area contributed by atoms with Gasteiger partial charge in [0.05, 0.1) is 11.2 Å². The van der Waals surface area contributed by atoms with Gasteiger partial charge in [0.1, 0.15) is 0 Å². The summed E-state index contributed by atoms with van der Waals surface area (Å²) in [6.07, 6.45) is 2.40. The summed E-state index contributed by atoms with van der Waals surface area (Å²) in [4.78, 5) is 4.23. The van der Waals surface area contributed by atoms with Gasteiger partial charge in [-0.1, -0.05) is 0 Å². The largest absolute Gasteiger partial charge is 0.381 e. The molecule has 0 aliphatic carbocycles. The average molecular weight is 212 g/mol. The van der Waals surface area contributed by atoms with Crippen molar-refractivity contribution in [3.63, 3.8) is 0 Å². The second kappa shape index (κ2) is 5.44. The fourth-order valence-electron chi connectivity index (χ4n) is 1.68. The summed E-state index contributed by atoms with van der Waals surface area (Å²) in [5.74, 6) is 0.794. The highest BCUT2D eigenvalue weighted by atomic mass is 32.1. The van der Waals surface area contributed by atoms with Gasteiger partial charge in [0.15, 0.2) is 0 Å². The van der Waals surface area contributed by atoms with Gasteiger partial charge < -0.3 is 10.1 Å². The molecule has 3 nitrogen and oxygen atoms in total. The van der Waals surface area contributed by atoms with Crippen LogP contribution in [0.5, 0.6) is 0 Å². The third-order valence-electron chi connectivity index (χ3n) is 2.56. The van der Waals surface area contributed by atoms with Crippen molar-refractivity contribution in [2.24, 2.45) is 5.92 Å². The van der Waals surface area contributed by atoms with Gasteiger partial charge in [0.2, 0.25) is 0 Å². The number of nitrogens with zero attached hydrogens (tertiary/aromatic N) is 1. The van der Waals surface area contributed by atoms with Gasteiger partial charge in [-0.2, -0.15) is 0 Å². The zero-order chi connectivity index (χ0) is 9.64. The molecule has 2 heterocycles. The Bertz CT molecular complexity index is 245. The van der Waals surface area contributed by atoms with Crippen LogP contribution in [0.25, 0.3) is 0 Å². The maximum atomic E-state index is 5.31. The summed E-state index contributed by atoms with van der Waals surface area (Å²) in [5, 5.41) is 5.54. The van der Waals surface area contributed by atoms with E-state index < -0.39 is 0 Å². The van der Waals surface area contributed by atoms with E-state index >= 15 is 0 Å². The SMILES string of the molecule is c1nc(CNCC2CCOCC2)cs1. The molecule has 1 N–H and O–H groups in total. The first-order valence-corrected chi connectivity index (χ1v) is 6.05. The van der Waals surface area contributed by atoms with Crippen LogP contribution in [0.4, 0.5) is 0 Å². The van der Waals surface area contributed by atoms with Crippen molar-refractivity contribution >= 4 is 11.3 Å². The van der Waals surface area contributed by atoms with E-state index in [1.54, 1.807) is 11.3 Å². The third-order valence-corrected chi connectivity index (χ3v) is 3.20. The van der Waals surface area contributed by atoms with Crippen molar-refractivity contribution in [2.75, 3.05) is 19.8 Å². The van der Waals surface area contributed by atoms with Crippen LogP contribution < -0.4 is 5.32 Å². The molecule has 1 aromatic heterocycles. The van der Waals surface area contributed by atoms with E-state index in [0.29, 0.717) is 0 Å². The summed E-state index contributed by atoms with van der Waals surface area (Å²) in [6, 6.07) is 0. The molecule has 1 saturated heterocycles. The van der Waals surface area contributed by atoms with E-state index in [2.05, 4.69) is 15.7 Å². The van der Waals surface area contributed by atoms with Crippen LogP contribution in [0, 0.1) is 5.92 Å². The maximum absolute atomic E-state index is 5.31. The lowest BCUT2D eigenvalue weighted by molar-refractivity contribution is 0.0662. The number of thiazole rings is 1. The Morgan fingerprint density at radius 1 is 1.50 bits per heavy atom. The van der Waals surface area contributed by atoms with Gasteiger partial charge in [-0.25, -0.2) is 4.98 Å². The van der Waals surface area contributed by atoms with Crippen molar-refractivity contribution in [1.29, 1.82) is 0 Å². The molecule has 0 saturated carbocycles. The second-order valence-electron chi connectivity index (χ2n) is 3.67. The first kappa shape index (κ1) is 10.1. The van der Waals surface area contributed by atoms with Crippen molar-refractivity contribution in [1.82, 2.24) is 10.3 Å². The topological polar surface area (TPSA) is 34.2 Å². The predicted molar refractivity (Wildman–Crippen MR) is 57.4 cm³/mol. The lowest BCUT2D eigenvalue weighted by Crippen LogP contribution is -2.27. The Hall–Kier alpha value is -0.450. The Labute approximate surface area is 88.5 Å². The van der Waals surface area contributed by atoms with Gasteiger partial charge in [-0.05, 0) is 25.3 Å². The molecule has 1 aliphatic rings. The van der Waals surface area contributed by atoms with Crippen LogP contribution in [0.1, 0.15) is 18.5 Å². The van der Waals surface area contributed by atoms with Crippen LogP contribution in [-0.4, -0.2) is 24.7 Å². The van der Waals surface area contributed by atoms with E-state index in [1.165, 1.54) is 12.8 Å². The van der Waals surface area contributed by atoms with Crippen molar-refractivity contribution in [2.45, 2.75) is 19.4 Å². The molecule has 0 radical (unpaired) electrons. The average Bonchev–Trinajstić information content (AvgIpc) is 2.72. The van der Waals surface area contributed by atoms with Crippen molar-refractivity contribution < 1.29 is 4.74 Å². The first-order valence-electron chi connectivity index (χ1n) is 5.10. The lowest BCUT2D eigenvalue weighted by atomic mass is 10.0. The molecule has 0 bridgehead atoms. The summed E-state index contributed by atoms with van der Waals surface area (Å²) < 4.78 is 5.31. The molecule has 0 aromatic carbocycles. The quantitative estimate of drug-likeness (QED) is 0.824. The van der Waals surface area contributed by atoms with E-state index in [-0.39, 0.29) is 0 Å². The highest BCUT2D eigenvalue weighted by Crippen LogP contribution is 2.13. The molecule has 1 aromatic rings. The van der Waals surface area contributed by atoms with Crippen LogP contribution in [0.2, 0.25) is 0 Å². The number of hydrogen-bond donors (Lipinski definition) is 1. The number of aromatic nitrogens is 1. The summed E-state index contributed by atoms with van der Waals surface area (Å²) in [6.45, 7) is 3.87. The zero-order valence-corrected chi connectivity index (χ0v) is 9.05. The fraction of sp³-hybridized carbons (Fsp3) is 0.700. The Kier molecular flexibility index (Phi) is 3.91. The summed E-state index contributed by atoms with van der Waals surface area (Å²) in [5.41, 5.74) is 3.04. The molecule has 0 atom stereocenters. The molecular weight excluding hydrogens is 196 g/mol. The Morgan fingerprint density at radius 2 is 2.36 bits per heavy atom. The van der Waals surface area contributed by atoms with E-state index in [9.17, 15) is 0 Å².